The third-order valence-corrected chi connectivity index (χ3v) is 5.05. The summed E-state index contributed by atoms with van der Waals surface area (Å²) in [7, 11) is 0. The molecule has 2 aromatic heterocycles. The molecule has 0 aliphatic rings. The van der Waals surface area contributed by atoms with Gasteiger partial charge in [-0.2, -0.15) is 5.10 Å². The van der Waals surface area contributed by atoms with Gasteiger partial charge >= 0.3 is 0 Å². The van der Waals surface area contributed by atoms with Gasteiger partial charge in [-0.3, -0.25) is 9.48 Å². The van der Waals surface area contributed by atoms with Crippen LogP contribution in [0.5, 0.6) is 0 Å². The van der Waals surface area contributed by atoms with Crippen LogP contribution < -0.4 is 5.32 Å². The summed E-state index contributed by atoms with van der Waals surface area (Å²) in [5.41, 5.74) is 3.22. The summed E-state index contributed by atoms with van der Waals surface area (Å²) in [6.07, 6.45) is 3.06. The highest BCUT2D eigenvalue weighted by Gasteiger charge is 2.20. The first kappa shape index (κ1) is 20.3. The maximum Gasteiger partial charge on any atom is 0.259 e. The lowest BCUT2D eigenvalue weighted by atomic mass is 10.1. The summed E-state index contributed by atoms with van der Waals surface area (Å²) in [4.78, 5) is 13.2. The molecule has 5 rings (SSSR count). The summed E-state index contributed by atoms with van der Waals surface area (Å²) in [5.74, 6) is -1.04. The van der Waals surface area contributed by atoms with E-state index in [-0.39, 0.29) is 5.69 Å². The van der Waals surface area contributed by atoms with Gasteiger partial charge in [-0.25, -0.2) is 9.07 Å². The van der Waals surface area contributed by atoms with E-state index in [1.165, 1.54) is 29.2 Å². The van der Waals surface area contributed by atoms with E-state index in [1.54, 1.807) is 10.9 Å². The molecular formula is C24H18FN7O. The molecule has 0 spiro atoms. The number of carbonyl (C=O) groups is 1. The summed E-state index contributed by atoms with van der Waals surface area (Å²) < 4.78 is 17.6. The molecule has 0 aliphatic carbocycles. The van der Waals surface area contributed by atoms with Crippen LogP contribution in [0.15, 0.2) is 91.4 Å². The zero-order chi connectivity index (χ0) is 22.6. The van der Waals surface area contributed by atoms with Crippen LogP contribution >= 0.6 is 0 Å². The predicted molar refractivity (Wildman–Crippen MR) is 120 cm³/mol. The summed E-state index contributed by atoms with van der Waals surface area (Å²) in [6.45, 7) is 0.497. The number of carbonyl (C=O) groups excluding carboxylic acids is 1. The molecule has 9 heteroatoms. The monoisotopic (exact) mass is 439 g/mol. The van der Waals surface area contributed by atoms with Crippen molar-refractivity contribution in [2.45, 2.75) is 6.54 Å². The van der Waals surface area contributed by atoms with Crippen molar-refractivity contribution in [1.82, 2.24) is 30.0 Å². The van der Waals surface area contributed by atoms with Gasteiger partial charge in [0, 0.05) is 11.8 Å². The van der Waals surface area contributed by atoms with Crippen LogP contribution in [0.25, 0.3) is 16.9 Å². The zero-order valence-corrected chi connectivity index (χ0v) is 17.3. The fourth-order valence-corrected chi connectivity index (χ4v) is 3.47. The van der Waals surface area contributed by atoms with Gasteiger partial charge in [-0.05, 0) is 34.2 Å². The Morgan fingerprint density at radius 1 is 0.970 bits per heavy atom. The first-order valence-electron chi connectivity index (χ1n) is 10.2. The van der Waals surface area contributed by atoms with Crippen LogP contribution in [0.1, 0.15) is 15.9 Å². The number of nitrogens with one attached hydrogen (secondary N) is 1. The molecule has 0 unspecified atom stereocenters. The van der Waals surface area contributed by atoms with Gasteiger partial charge in [0.05, 0.1) is 23.5 Å². The molecule has 0 radical (unpaired) electrons. The molecule has 0 saturated heterocycles. The number of nitrogens with zero attached hydrogens (tertiary/aromatic N) is 6. The van der Waals surface area contributed by atoms with Crippen LogP contribution in [-0.2, 0) is 6.54 Å². The lowest BCUT2D eigenvalue weighted by Gasteiger charge is -2.08. The van der Waals surface area contributed by atoms with Crippen LogP contribution in [0, 0.1) is 5.82 Å². The molecule has 2 heterocycles. The number of amides is 1. The summed E-state index contributed by atoms with van der Waals surface area (Å²) in [5, 5.41) is 18.3. The Labute approximate surface area is 188 Å². The number of hydrogen-bond acceptors (Lipinski definition) is 5. The second-order valence-corrected chi connectivity index (χ2v) is 7.31. The normalized spacial score (nSPS) is 10.8. The molecule has 33 heavy (non-hydrogen) atoms. The zero-order valence-electron chi connectivity index (χ0n) is 17.3. The van der Waals surface area contributed by atoms with Crippen LogP contribution in [0.2, 0.25) is 0 Å². The fraction of sp³-hybridized carbons (Fsp3) is 0.0417. The molecule has 1 amide bonds. The van der Waals surface area contributed by atoms with Gasteiger partial charge < -0.3 is 5.32 Å². The summed E-state index contributed by atoms with van der Waals surface area (Å²) >= 11 is 0. The largest absolute Gasteiger partial charge is 0.319 e. The number of rotatable bonds is 6. The Kier molecular flexibility index (Phi) is 5.42. The molecule has 0 fully saturated rings. The second kappa shape index (κ2) is 8.83. The van der Waals surface area contributed by atoms with Gasteiger partial charge in [0.15, 0.2) is 0 Å². The molecule has 0 saturated carbocycles. The van der Waals surface area contributed by atoms with Crippen molar-refractivity contribution >= 4 is 11.6 Å². The predicted octanol–water partition coefficient (Wildman–Crippen LogP) is 3.97. The molecule has 8 nitrogen and oxygen atoms in total. The van der Waals surface area contributed by atoms with Crippen LogP contribution in [0.3, 0.4) is 0 Å². The van der Waals surface area contributed by atoms with Crippen LogP contribution in [-0.4, -0.2) is 35.9 Å². The quantitative estimate of drug-likeness (QED) is 0.432. The molecular weight excluding hydrogens is 421 g/mol. The fourth-order valence-electron chi connectivity index (χ4n) is 3.47. The first-order chi connectivity index (χ1) is 16.2. The van der Waals surface area contributed by atoms with E-state index in [0.29, 0.717) is 23.5 Å². The second-order valence-electron chi connectivity index (χ2n) is 7.31. The van der Waals surface area contributed by atoms with E-state index >= 15 is 0 Å². The van der Waals surface area contributed by atoms with Crippen molar-refractivity contribution in [3.05, 3.63) is 108 Å². The number of hydrogen-bond donors (Lipinski definition) is 1. The van der Waals surface area contributed by atoms with Crippen molar-refractivity contribution in [3.8, 4) is 16.9 Å². The van der Waals surface area contributed by atoms with E-state index in [2.05, 4.69) is 25.9 Å². The minimum Gasteiger partial charge on any atom is -0.319 e. The molecule has 5 aromatic rings. The highest BCUT2D eigenvalue weighted by atomic mass is 19.1. The van der Waals surface area contributed by atoms with E-state index in [4.69, 9.17) is 0 Å². The van der Waals surface area contributed by atoms with Gasteiger partial charge in [0.25, 0.3) is 5.91 Å². The average Bonchev–Trinajstić information content (AvgIpc) is 3.52. The third-order valence-electron chi connectivity index (χ3n) is 5.05. The minimum absolute atomic E-state index is 0.0165. The van der Waals surface area contributed by atoms with Crippen LogP contribution in [0.4, 0.5) is 10.1 Å². The van der Waals surface area contributed by atoms with E-state index in [1.807, 2.05) is 60.7 Å². The topological polar surface area (TPSA) is 90.5 Å². The van der Waals surface area contributed by atoms with Crippen molar-refractivity contribution < 1.29 is 9.18 Å². The van der Waals surface area contributed by atoms with Gasteiger partial charge in [0.2, 0.25) is 0 Å². The molecule has 0 atom stereocenters. The van der Waals surface area contributed by atoms with Crippen molar-refractivity contribution in [2.75, 3.05) is 5.32 Å². The lowest BCUT2D eigenvalue weighted by Crippen LogP contribution is -2.14. The highest BCUT2D eigenvalue weighted by molar-refractivity contribution is 6.08. The molecule has 0 bridgehead atoms. The molecule has 162 valence electrons. The number of halogens is 1. The first-order valence-corrected chi connectivity index (χ1v) is 10.2. The van der Waals surface area contributed by atoms with Crippen molar-refractivity contribution in [1.29, 1.82) is 0 Å². The number of benzene rings is 3. The Balaban J connectivity index is 1.49. The van der Waals surface area contributed by atoms with Crippen molar-refractivity contribution in [2.24, 2.45) is 0 Å². The van der Waals surface area contributed by atoms with Gasteiger partial charge in [-0.15, -0.1) is 5.10 Å². The SMILES string of the molecule is O=C(Nc1cc(-n2cnnn2)ccc1F)c1cn(Cc2ccccc2)nc1-c1ccccc1. The Morgan fingerprint density at radius 2 is 1.73 bits per heavy atom. The standard InChI is InChI=1S/C24H18FN7O/c25-21-12-11-19(32-16-26-29-30-32)13-22(21)27-24(33)20-15-31(14-17-7-3-1-4-8-17)28-23(20)18-9-5-2-6-10-18/h1-13,15-16H,14H2,(H,27,33). The number of anilines is 1. The average molecular weight is 439 g/mol. The van der Waals surface area contributed by atoms with E-state index in [0.717, 1.165) is 11.1 Å². The molecule has 0 aliphatic heterocycles. The molecule has 3 aromatic carbocycles. The lowest BCUT2D eigenvalue weighted by molar-refractivity contribution is 0.102. The Bertz CT molecular complexity index is 1380. The van der Waals surface area contributed by atoms with Gasteiger partial charge in [-0.1, -0.05) is 60.7 Å². The third kappa shape index (κ3) is 4.38. The molecule has 1 N–H and O–H groups in total. The number of aromatic nitrogens is 6. The summed E-state index contributed by atoms with van der Waals surface area (Å²) in [6, 6.07) is 23.5. The maximum atomic E-state index is 14.5. The highest BCUT2D eigenvalue weighted by Crippen LogP contribution is 2.25. The number of tetrazole rings is 1. The van der Waals surface area contributed by atoms with Gasteiger partial charge in [0.1, 0.15) is 17.8 Å². The van der Waals surface area contributed by atoms with E-state index in [9.17, 15) is 9.18 Å². The Morgan fingerprint density at radius 3 is 2.45 bits per heavy atom. The van der Waals surface area contributed by atoms with Crippen molar-refractivity contribution in [3.63, 3.8) is 0 Å². The van der Waals surface area contributed by atoms with E-state index < -0.39 is 11.7 Å². The Hall–Kier alpha value is -4.66. The maximum absolute atomic E-state index is 14.5. The smallest absolute Gasteiger partial charge is 0.259 e. The minimum atomic E-state index is -0.571.